The van der Waals surface area contributed by atoms with Crippen molar-refractivity contribution in [3.05, 3.63) is 12.2 Å². The Kier molecular flexibility index (Phi) is 6.08. The third-order valence-corrected chi connectivity index (χ3v) is 1.13. The Morgan fingerprint density at radius 3 is 2.80 bits per heavy atom. The fourth-order valence-electron chi connectivity index (χ4n) is 0.638. The van der Waals surface area contributed by atoms with Gasteiger partial charge in [-0.2, -0.15) is 0 Å². The minimum Gasteiger partial charge on any atom is -0.318 e. The van der Waals surface area contributed by atoms with Crippen LogP contribution in [0.2, 0.25) is 0 Å². The van der Waals surface area contributed by atoms with Gasteiger partial charge in [0.1, 0.15) is 0 Å². The van der Waals surface area contributed by atoms with Gasteiger partial charge in [-0.3, -0.25) is 4.99 Å². The van der Waals surface area contributed by atoms with Gasteiger partial charge in [-0.25, -0.2) is 0 Å². The van der Waals surface area contributed by atoms with Gasteiger partial charge in [-0.1, -0.05) is 6.08 Å². The van der Waals surface area contributed by atoms with E-state index in [-0.39, 0.29) is 0 Å². The van der Waals surface area contributed by atoms with E-state index in [9.17, 15) is 0 Å². The van der Waals surface area contributed by atoms with Crippen molar-refractivity contribution in [1.29, 1.82) is 0 Å². The molecule has 58 valence electrons. The van der Waals surface area contributed by atoms with Crippen molar-refractivity contribution in [2.75, 3.05) is 20.1 Å². The average molecular weight is 140 g/mol. The van der Waals surface area contributed by atoms with E-state index in [1.54, 1.807) is 0 Å². The highest BCUT2D eigenvalue weighted by Crippen LogP contribution is 1.79. The largest absolute Gasteiger partial charge is 0.318 e. The highest BCUT2D eigenvalue weighted by atomic mass is 14.9. The maximum Gasteiger partial charge on any atom is 0.0517 e. The van der Waals surface area contributed by atoms with Crippen molar-refractivity contribution in [2.45, 2.75) is 13.8 Å². The molecule has 0 aliphatic heterocycles. The monoisotopic (exact) mass is 140 g/mol. The first-order chi connectivity index (χ1) is 4.81. The molecule has 0 spiro atoms. The Labute approximate surface area is 63.0 Å². The standard InChI is InChI=1S/C8H16N2/c1-4-5-8(2)10-7-6-9-3/h4-5,9H,6-7H2,1-3H3/b5-4-,10-8?. The molecule has 10 heavy (non-hydrogen) atoms. The quantitative estimate of drug-likeness (QED) is 0.461. The number of hydrogen-bond acceptors (Lipinski definition) is 2. The van der Waals surface area contributed by atoms with Gasteiger partial charge in [-0.05, 0) is 27.0 Å². The van der Waals surface area contributed by atoms with Crippen LogP contribution in [0, 0.1) is 0 Å². The van der Waals surface area contributed by atoms with Gasteiger partial charge >= 0.3 is 0 Å². The summed E-state index contributed by atoms with van der Waals surface area (Å²) < 4.78 is 0. The Balaban J connectivity index is 3.47. The molecule has 0 atom stereocenters. The fraction of sp³-hybridized carbons (Fsp3) is 0.625. The summed E-state index contributed by atoms with van der Waals surface area (Å²) in [5, 5.41) is 3.03. The molecule has 0 saturated carbocycles. The van der Waals surface area contributed by atoms with Crippen LogP contribution in [0.5, 0.6) is 0 Å². The minimum absolute atomic E-state index is 0.868. The van der Waals surface area contributed by atoms with Gasteiger partial charge in [0.25, 0.3) is 0 Å². The summed E-state index contributed by atoms with van der Waals surface area (Å²) in [6.45, 7) is 5.83. The lowest BCUT2D eigenvalue weighted by Gasteiger charge is -1.93. The SMILES string of the molecule is C/C=C\C(C)=NCCNC. The van der Waals surface area contributed by atoms with Gasteiger partial charge in [0.15, 0.2) is 0 Å². The summed E-state index contributed by atoms with van der Waals surface area (Å²) in [6, 6.07) is 0. The first-order valence-corrected chi connectivity index (χ1v) is 3.59. The van der Waals surface area contributed by atoms with Gasteiger partial charge in [-0.15, -0.1) is 0 Å². The lowest BCUT2D eigenvalue weighted by molar-refractivity contribution is 0.803. The number of nitrogens with zero attached hydrogens (tertiary/aromatic N) is 1. The first-order valence-electron chi connectivity index (χ1n) is 3.59. The predicted molar refractivity (Wildman–Crippen MR) is 46.7 cm³/mol. The number of allylic oxidation sites excluding steroid dienone is 2. The molecule has 0 radical (unpaired) electrons. The highest BCUT2D eigenvalue weighted by Gasteiger charge is 1.80. The normalized spacial score (nSPS) is 12.9. The van der Waals surface area contributed by atoms with Crippen LogP contribution in [0.4, 0.5) is 0 Å². The second-order valence-electron chi connectivity index (χ2n) is 2.13. The summed E-state index contributed by atoms with van der Waals surface area (Å²) in [5.41, 5.74) is 1.10. The molecular formula is C8H16N2. The minimum atomic E-state index is 0.868. The Morgan fingerprint density at radius 2 is 2.30 bits per heavy atom. The Bertz CT molecular complexity index is 125. The van der Waals surface area contributed by atoms with E-state index in [4.69, 9.17) is 0 Å². The molecule has 0 bridgehead atoms. The summed E-state index contributed by atoms with van der Waals surface area (Å²) >= 11 is 0. The maximum atomic E-state index is 4.27. The van der Waals surface area contributed by atoms with E-state index < -0.39 is 0 Å². The zero-order valence-corrected chi connectivity index (χ0v) is 7.02. The lowest BCUT2D eigenvalue weighted by Crippen LogP contribution is -2.11. The van der Waals surface area contributed by atoms with Crippen molar-refractivity contribution >= 4 is 5.71 Å². The first kappa shape index (κ1) is 9.37. The van der Waals surface area contributed by atoms with Gasteiger partial charge in [0.2, 0.25) is 0 Å². The van der Waals surface area contributed by atoms with E-state index >= 15 is 0 Å². The summed E-state index contributed by atoms with van der Waals surface area (Å²) in [5.74, 6) is 0. The van der Waals surface area contributed by atoms with Gasteiger partial charge < -0.3 is 5.32 Å². The molecule has 0 aromatic heterocycles. The molecule has 0 aliphatic rings. The van der Waals surface area contributed by atoms with Crippen LogP contribution < -0.4 is 5.32 Å². The number of likely N-dealkylation sites (N-methyl/N-ethyl adjacent to an activating group) is 1. The molecule has 0 amide bonds. The van der Waals surface area contributed by atoms with Crippen LogP contribution in [-0.4, -0.2) is 25.8 Å². The third kappa shape index (κ3) is 5.51. The average Bonchev–Trinajstić information content (AvgIpc) is 1.89. The molecule has 1 N–H and O–H groups in total. The molecule has 0 saturated heterocycles. The molecule has 0 unspecified atom stereocenters. The second kappa shape index (κ2) is 6.49. The van der Waals surface area contributed by atoms with Crippen LogP contribution in [0.1, 0.15) is 13.8 Å². The van der Waals surface area contributed by atoms with E-state index in [0.29, 0.717) is 0 Å². The molecule has 0 aromatic rings. The van der Waals surface area contributed by atoms with Crippen LogP contribution in [0.15, 0.2) is 17.1 Å². The van der Waals surface area contributed by atoms with Crippen molar-refractivity contribution < 1.29 is 0 Å². The Morgan fingerprint density at radius 1 is 1.60 bits per heavy atom. The van der Waals surface area contributed by atoms with E-state index in [0.717, 1.165) is 18.8 Å². The van der Waals surface area contributed by atoms with E-state index in [1.165, 1.54) is 0 Å². The second-order valence-corrected chi connectivity index (χ2v) is 2.13. The highest BCUT2D eigenvalue weighted by molar-refractivity contribution is 5.92. The summed E-state index contributed by atoms with van der Waals surface area (Å²) in [6.07, 6.45) is 4.01. The van der Waals surface area contributed by atoms with Gasteiger partial charge in [0, 0.05) is 12.3 Å². The lowest BCUT2D eigenvalue weighted by atomic mass is 10.4. The Hall–Kier alpha value is -0.630. The summed E-state index contributed by atoms with van der Waals surface area (Å²) in [4.78, 5) is 4.27. The van der Waals surface area contributed by atoms with Crippen LogP contribution in [-0.2, 0) is 0 Å². The molecule has 0 aliphatic carbocycles. The molecule has 0 aromatic carbocycles. The summed E-state index contributed by atoms with van der Waals surface area (Å²) in [7, 11) is 1.93. The topological polar surface area (TPSA) is 24.4 Å². The molecule has 0 rings (SSSR count). The zero-order chi connectivity index (χ0) is 7.82. The molecule has 0 heterocycles. The zero-order valence-electron chi connectivity index (χ0n) is 7.02. The molecular weight excluding hydrogens is 124 g/mol. The number of nitrogens with one attached hydrogen (secondary N) is 1. The maximum absolute atomic E-state index is 4.27. The molecule has 2 heteroatoms. The predicted octanol–water partition coefficient (Wildman–Crippen LogP) is 1.24. The van der Waals surface area contributed by atoms with Crippen molar-refractivity contribution in [1.82, 2.24) is 5.32 Å². The number of rotatable bonds is 4. The third-order valence-electron chi connectivity index (χ3n) is 1.13. The molecule has 0 fully saturated rings. The van der Waals surface area contributed by atoms with Gasteiger partial charge in [0.05, 0.1) is 6.54 Å². The van der Waals surface area contributed by atoms with Crippen molar-refractivity contribution in [2.24, 2.45) is 4.99 Å². The van der Waals surface area contributed by atoms with Crippen molar-refractivity contribution in [3.63, 3.8) is 0 Å². The van der Waals surface area contributed by atoms with E-state index in [2.05, 4.69) is 10.3 Å². The van der Waals surface area contributed by atoms with Crippen molar-refractivity contribution in [3.8, 4) is 0 Å². The van der Waals surface area contributed by atoms with E-state index in [1.807, 2.05) is 33.0 Å². The molecule has 2 nitrogen and oxygen atoms in total. The number of hydrogen-bond donors (Lipinski definition) is 1. The van der Waals surface area contributed by atoms with Crippen LogP contribution in [0.3, 0.4) is 0 Å². The smallest absolute Gasteiger partial charge is 0.0517 e. The fourth-order valence-corrected chi connectivity index (χ4v) is 0.638. The number of aliphatic imine (C=N–C) groups is 1. The van der Waals surface area contributed by atoms with Crippen LogP contribution in [0.25, 0.3) is 0 Å². The van der Waals surface area contributed by atoms with Crippen LogP contribution >= 0.6 is 0 Å².